The topological polar surface area (TPSA) is 99.1 Å². The molecule has 1 heterocycles. The van der Waals surface area contributed by atoms with Crippen LogP contribution in [-0.2, 0) is 9.53 Å². The van der Waals surface area contributed by atoms with Crippen LogP contribution in [0.25, 0.3) is 0 Å². The van der Waals surface area contributed by atoms with Crippen LogP contribution in [0.5, 0.6) is 0 Å². The Kier molecular flexibility index (Phi) is 5.58. The summed E-state index contributed by atoms with van der Waals surface area (Å²) < 4.78 is 5.26. The van der Waals surface area contributed by atoms with E-state index in [0.29, 0.717) is 19.5 Å². The van der Waals surface area contributed by atoms with E-state index in [2.05, 4.69) is 5.32 Å². The SMILES string of the molecule is CC(CCO)NC1(CC(=O)O)CN(C(=O)OC(C)(C)C)C1. The zero-order valence-corrected chi connectivity index (χ0v) is 13.2. The first-order valence-electron chi connectivity index (χ1n) is 7.15. The molecule has 1 rings (SSSR count). The molecule has 1 aliphatic rings. The van der Waals surface area contributed by atoms with Crippen LogP contribution in [0, 0.1) is 0 Å². The third-order valence-electron chi connectivity index (χ3n) is 3.24. The van der Waals surface area contributed by atoms with Gasteiger partial charge in [-0.3, -0.25) is 4.79 Å². The van der Waals surface area contributed by atoms with Crippen LogP contribution in [0.2, 0.25) is 0 Å². The Bertz CT molecular complexity index is 385. The Balaban J connectivity index is 2.61. The molecule has 1 atom stereocenters. The maximum absolute atomic E-state index is 11.9. The summed E-state index contributed by atoms with van der Waals surface area (Å²) in [7, 11) is 0. The maximum Gasteiger partial charge on any atom is 0.410 e. The van der Waals surface area contributed by atoms with Gasteiger partial charge in [0.15, 0.2) is 0 Å². The number of aliphatic hydroxyl groups excluding tert-OH is 1. The second-order valence-corrected chi connectivity index (χ2v) is 6.74. The highest BCUT2D eigenvalue weighted by Gasteiger charge is 2.48. The first-order chi connectivity index (χ1) is 9.57. The molecule has 1 unspecified atom stereocenters. The quantitative estimate of drug-likeness (QED) is 0.671. The van der Waals surface area contributed by atoms with E-state index >= 15 is 0 Å². The van der Waals surface area contributed by atoms with E-state index in [1.54, 1.807) is 20.8 Å². The molecular formula is C14H26N2O5. The first-order valence-corrected chi connectivity index (χ1v) is 7.15. The van der Waals surface area contributed by atoms with Crippen molar-refractivity contribution in [3.63, 3.8) is 0 Å². The van der Waals surface area contributed by atoms with Crippen molar-refractivity contribution in [2.75, 3.05) is 19.7 Å². The van der Waals surface area contributed by atoms with E-state index in [1.807, 2.05) is 6.92 Å². The van der Waals surface area contributed by atoms with Crippen molar-refractivity contribution < 1.29 is 24.5 Å². The van der Waals surface area contributed by atoms with Gasteiger partial charge in [0.05, 0.1) is 12.0 Å². The van der Waals surface area contributed by atoms with E-state index < -0.39 is 23.2 Å². The average Bonchev–Trinajstić information content (AvgIpc) is 2.21. The lowest BCUT2D eigenvalue weighted by molar-refractivity contribution is -0.141. The minimum atomic E-state index is -0.914. The molecule has 1 saturated heterocycles. The lowest BCUT2D eigenvalue weighted by atomic mass is 9.85. The van der Waals surface area contributed by atoms with Crippen LogP contribution < -0.4 is 5.32 Å². The van der Waals surface area contributed by atoms with Crippen LogP contribution in [0.4, 0.5) is 4.79 Å². The van der Waals surface area contributed by atoms with Gasteiger partial charge in [-0.25, -0.2) is 4.79 Å². The predicted octanol–water partition coefficient (Wildman–Crippen LogP) is 0.811. The number of aliphatic carboxylic acids is 1. The molecule has 1 aliphatic heterocycles. The number of aliphatic hydroxyl groups is 1. The highest BCUT2D eigenvalue weighted by molar-refractivity contribution is 5.73. The zero-order chi connectivity index (χ0) is 16.3. The van der Waals surface area contributed by atoms with E-state index in [1.165, 1.54) is 4.90 Å². The Morgan fingerprint density at radius 1 is 1.38 bits per heavy atom. The summed E-state index contributed by atoms with van der Waals surface area (Å²) in [6.07, 6.45) is 0.0377. The highest BCUT2D eigenvalue weighted by Crippen LogP contribution is 2.27. The third-order valence-corrected chi connectivity index (χ3v) is 3.24. The molecule has 0 bridgehead atoms. The number of hydrogen-bond acceptors (Lipinski definition) is 5. The van der Waals surface area contributed by atoms with Gasteiger partial charge >= 0.3 is 12.1 Å². The molecule has 1 fully saturated rings. The van der Waals surface area contributed by atoms with Crippen molar-refractivity contribution in [3.8, 4) is 0 Å². The minimum absolute atomic E-state index is 0.0184. The van der Waals surface area contributed by atoms with Gasteiger partial charge in [-0.1, -0.05) is 0 Å². The summed E-state index contributed by atoms with van der Waals surface area (Å²) in [5.74, 6) is -0.914. The van der Waals surface area contributed by atoms with Crippen molar-refractivity contribution in [3.05, 3.63) is 0 Å². The number of ether oxygens (including phenoxy) is 1. The number of amides is 1. The third kappa shape index (κ3) is 5.51. The van der Waals surface area contributed by atoms with Gasteiger partial charge in [0.2, 0.25) is 0 Å². The van der Waals surface area contributed by atoms with E-state index in [9.17, 15) is 9.59 Å². The lowest BCUT2D eigenvalue weighted by Gasteiger charge is -2.51. The van der Waals surface area contributed by atoms with E-state index in [4.69, 9.17) is 14.9 Å². The van der Waals surface area contributed by atoms with Crippen LogP contribution in [0.1, 0.15) is 40.5 Å². The Morgan fingerprint density at radius 3 is 2.38 bits per heavy atom. The molecule has 7 nitrogen and oxygen atoms in total. The predicted molar refractivity (Wildman–Crippen MR) is 77.1 cm³/mol. The van der Waals surface area contributed by atoms with E-state index in [-0.39, 0.29) is 19.1 Å². The van der Waals surface area contributed by atoms with Gasteiger partial charge in [-0.2, -0.15) is 0 Å². The van der Waals surface area contributed by atoms with Crippen molar-refractivity contribution in [2.24, 2.45) is 0 Å². The van der Waals surface area contributed by atoms with Crippen molar-refractivity contribution in [2.45, 2.75) is 57.7 Å². The molecule has 0 spiro atoms. The number of rotatable bonds is 6. The minimum Gasteiger partial charge on any atom is -0.481 e. The molecule has 7 heteroatoms. The van der Waals surface area contributed by atoms with Gasteiger partial charge in [0, 0.05) is 25.7 Å². The molecule has 0 radical (unpaired) electrons. The monoisotopic (exact) mass is 302 g/mol. The highest BCUT2D eigenvalue weighted by atomic mass is 16.6. The number of nitrogens with zero attached hydrogens (tertiary/aromatic N) is 1. The standard InChI is InChI=1S/C14H26N2O5/c1-10(5-6-17)15-14(7-11(18)19)8-16(9-14)12(20)21-13(2,3)4/h10,15,17H,5-9H2,1-4H3,(H,18,19). The van der Waals surface area contributed by atoms with Crippen LogP contribution >= 0.6 is 0 Å². The Morgan fingerprint density at radius 2 is 1.95 bits per heavy atom. The Hall–Kier alpha value is -1.34. The normalized spacial score (nSPS) is 18.8. The molecule has 3 N–H and O–H groups in total. The molecule has 21 heavy (non-hydrogen) atoms. The van der Waals surface area contributed by atoms with Crippen molar-refractivity contribution in [1.82, 2.24) is 10.2 Å². The largest absolute Gasteiger partial charge is 0.481 e. The Labute approximate surface area is 125 Å². The van der Waals surface area contributed by atoms with E-state index in [0.717, 1.165) is 0 Å². The molecule has 1 amide bonds. The van der Waals surface area contributed by atoms with Gasteiger partial charge in [-0.05, 0) is 34.1 Å². The van der Waals surface area contributed by atoms with Crippen LogP contribution in [0.15, 0.2) is 0 Å². The zero-order valence-electron chi connectivity index (χ0n) is 13.2. The second kappa shape index (κ2) is 6.62. The van der Waals surface area contributed by atoms with Gasteiger partial charge in [-0.15, -0.1) is 0 Å². The fourth-order valence-corrected chi connectivity index (χ4v) is 2.47. The molecule has 0 aromatic carbocycles. The smallest absolute Gasteiger partial charge is 0.410 e. The molecule has 0 aromatic rings. The summed E-state index contributed by atoms with van der Waals surface area (Å²) in [5.41, 5.74) is -1.21. The van der Waals surface area contributed by atoms with Gasteiger partial charge < -0.3 is 25.2 Å². The number of carboxylic acids is 1. The molecule has 0 aromatic heterocycles. The number of likely N-dealkylation sites (tertiary alicyclic amines) is 1. The maximum atomic E-state index is 11.9. The number of carbonyl (C=O) groups excluding carboxylic acids is 1. The fraction of sp³-hybridized carbons (Fsp3) is 0.857. The number of carboxylic acid groups (broad SMARTS) is 1. The van der Waals surface area contributed by atoms with Crippen LogP contribution in [-0.4, -0.2) is 64.1 Å². The number of carbonyl (C=O) groups is 2. The first kappa shape index (κ1) is 17.7. The summed E-state index contributed by atoms with van der Waals surface area (Å²) in [5, 5.41) is 21.2. The summed E-state index contributed by atoms with van der Waals surface area (Å²) >= 11 is 0. The lowest BCUT2D eigenvalue weighted by Crippen LogP contribution is -2.72. The summed E-state index contributed by atoms with van der Waals surface area (Å²) in [6.45, 7) is 7.88. The summed E-state index contributed by atoms with van der Waals surface area (Å²) in [4.78, 5) is 24.4. The number of hydrogen-bond donors (Lipinski definition) is 3. The number of nitrogens with one attached hydrogen (secondary N) is 1. The molecular weight excluding hydrogens is 276 g/mol. The van der Waals surface area contributed by atoms with Crippen molar-refractivity contribution >= 4 is 12.1 Å². The van der Waals surface area contributed by atoms with Crippen LogP contribution in [0.3, 0.4) is 0 Å². The van der Waals surface area contributed by atoms with Gasteiger partial charge in [0.1, 0.15) is 5.60 Å². The average molecular weight is 302 g/mol. The molecule has 0 aliphatic carbocycles. The summed E-state index contributed by atoms with van der Waals surface area (Å²) in [6, 6.07) is -0.0184. The van der Waals surface area contributed by atoms with Gasteiger partial charge in [0.25, 0.3) is 0 Å². The fourth-order valence-electron chi connectivity index (χ4n) is 2.47. The molecule has 122 valence electrons. The molecule has 0 saturated carbocycles. The second-order valence-electron chi connectivity index (χ2n) is 6.74. The van der Waals surface area contributed by atoms with Crippen molar-refractivity contribution in [1.29, 1.82) is 0 Å².